The average Bonchev–Trinajstić information content (AvgIpc) is 2.90. The van der Waals surface area contributed by atoms with Crippen molar-refractivity contribution >= 4 is 22.4 Å². The molecule has 2 rings (SSSR count). The summed E-state index contributed by atoms with van der Waals surface area (Å²) in [5, 5.41) is 8.58. The van der Waals surface area contributed by atoms with Gasteiger partial charge in [0.2, 0.25) is 5.91 Å². The number of nitrogens with zero attached hydrogens (tertiary/aromatic N) is 2. The molecule has 0 aliphatic carbocycles. The zero-order valence-electron chi connectivity index (χ0n) is 11.4. The van der Waals surface area contributed by atoms with E-state index in [0.29, 0.717) is 11.7 Å². The van der Waals surface area contributed by atoms with Crippen molar-refractivity contribution in [3.05, 3.63) is 11.6 Å². The van der Waals surface area contributed by atoms with E-state index in [1.165, 1.54) is 30.6 Å². The van der Waals surface area contributed by atoms with E-state index in [0.717, 1.165) is 25.6 Å². The van der Waals surface area contributed by atoms with E-state index in [2.05, 4.69) is 20.5 Å². The van der Waals surface area contributed by atoms with Gasteiger partial charge < -0.3 is 10.6 Å². The standard InChI is InChI=1S/C13H22N4OS/c1-14-5-2-11-3-7-17(8-4-11)10-12(18)16-13-15-6-9-19-13/h6,9,11,14H,2-5,7-8,10H2,1H3,(H,15,16,18). The molecule has 0 spiro atoms. The van der Waals surface area contributed by atoms with Gasteiger partial charge in [0, 0.05) is 11.6 Å². The van der Waals surface area contributed by atoms with E-state index in [-0.39, 0.29) is 5.91 Å². The molecule has 1 aromatic rings. The predicted octanol–water partition coefficient (Wildman–Crippen LogP) is 1.40. The maximum Gasteiger partial charge on any atom is 0.240 e. The van der Waals surface area contributed by atoms with E-state index in [4.69, 9.17) is 0 Å². The van der Waals surface area contributed by atoms with Gasteiger partial charge in [-0.2, -0.15) is 0 Å². The highest BCUT2D eigenvalue weighted by Crippen LogP contribution is 2.20. The smallest absolute Gasteiger partial charge is 0.240 e. The van der Waals surface area contributed by atoms with Gasteiger partial charge in [-0.1, -0.05) is 0 Å². The highest BCUT2D eigenvalue weighted by molar-refractivity contribution is 7.13. The van der Waals surface area contributed by atoms with Crippen LogP contribution in [0, 0.1) is 5.92 Å². The Morgan fingerprint density at radius 3 is 2.95 bits per heavy atom. The number of thiazole rings is 1. The highest BCUT2D eigenvalue weighted by atomic mass is 32.1. The first-order valence-electron chi connectivity index (χ1n) is 6.84. The minimum atomic E-state index is 0.0450. The predicted molar refractivity (Wildman–Crippen MR) is 78.5 cm³/mol. The molecule has 0 unspecified atom stereocenters. The number of rotatable bonds is 6. The van der Waals surface area contributed by atoms with E-state index in [1.54, 1.807) is 6.20 Å². The van der Waals surface area contributed by atoms with Crippen molar-refractivity contribution in [2.45, 2.75) is 19.3 Å². The Kier molecular flexibility index (Phi) is 5.75. The van der Waals surface area contributed by atoms with Crippen molar-refractivity contribution in [1.82, 2.24) is 15.2 Å². The summed E-state index contributed by atoms with van der Waals surface area (Å²) in [5.41, 5.74) is 0. The van der Waals surface area contributed by atoms with Crippen LogP contribution in [-0.2, 0) is 4.79 Å². The maximum atomic E-state index is 11.8. The fourth-order valence-corrected chi connectivity index (χ4v) is 2.97. The molecule has 19 heavy (non-hydrogen) atoms. The van der Waals surface area contributed by atoms with Gasteiger partial charge in [0.05, 0.1) is 6.54 Å². The van der Waals surface area contributed by atoms with Crippen LogP contribution < -0.4 is 10.6 Å². The van der Waals surface area contributed by atoms with E-state index < -0.39 is 0 Å². The highest BCUT2D eigenvalue weighted by Gasteiger charge is 2.20. The first-order chi connectivity index (χ1) is 9.28. The Morgan fingerprint density at radius 2 is 2.32 bits per heavy atom. The second-order valence-electron chi connectivity index (χ2n) is 5.00. The van der Waals surface area contributed by atoms with Crippen molar-refractivity contribution < 1.29 is 4.79 Å². The van der Waals surface area contributed by atoms with Crippen LogP contribution in [0.2, 0.25) is 0 Å². The quantitative estimate of drug-likeness (QED) is 0.828. The van der Waals surface area contributed by atoms with Gasteiger partial charge in [0.15, 0.2) is 5.13 Å². The number of amides is 1. The molecule has 1 aliphatic rings. The zero-order valence-corrected chi connectivity index (χ0v) is 12.2. The molecule has 1 amide bonds. The van der Waals surface area contributed by atoms with Crippen molar-refractivity contribution in [3.8, 4) is 0 Å². The van der Waals surface area contributed by atoms with Crippen molar-refractivity contribution in [1.29, 1.82) is 0 Å². The summed E-state index contributed by atoms with van der Waals surface area (Å²) in [5.74, 6) is 0.856. The van der Waals surface area contributed by atoms with Crippen molar-refractivity contribution in [2.75, 3.05) is 38.5 Å². The molecule has 1 saturated heterocycles. The Labute approximate surface area is 118 Å². The van der Waals surface area contributed by atoms with Gasteiger partial charge in [-0.15, -0.1) is 11.3 Å². The van der Waals surface area contributed by atoms with E-state index in [9.17, 15) is 4.79 Å². The van der Waals surface area contributed by atoms with Gasteiger partial charge in [0.1, 0.15) is 0 Å². The molecule has 6 heteroatoms. The van der Waals surface area contributed by atoms with Gasteiger partial charge in [0.25, 0.3) is 0 Å². The monoisotopic (exact) mass is 282 g/mol. The number of anilines is 1. The number of aromatic nitrogens is 1. The van der Waals surface area contributed by atoms with Crippen LogP contribution in [-0.4, -0.2) is 49.0 Å². The van der Waals surface area contributed by atoms with Crippen LogP contribution in [0.5, 0.6) is 0 Å². The molecular formula is C13H22N4OS. The first-order valence-corrected chi connectivity index (χ1v) is 7.72. The molecule has 0 bridgehead atoms. The number of nitrogens with one attached hydrogen (secondary N) is 2. The van der Waals surface area contributed by atoms with Crippen LogP contribution in [0.15, 0.2) is 11.6 Å². The number of piperidine rings is 1. The Balaban J connectivity index is 1.66. The van der Waals surface area contributed by atoms with Crippen LogP contribution in [0.3, 0.4) is 0 Å². The summed E-state index contributed by atoms with van der Waals surface area (Å²) in [7, 11) is 2.00. The van der Waals surface area contributed by atoms with E-state index in [1.807, 2.05) is 12.4 Å². The molecule has 1 aromatic heterocycles. The topological polar surface area (TPSA) is 57.3 Å². The largest absolute Gasteiger partial charge is 0.320 e. The summed E-state index contributed by atoms with van der Waals surface area (Å²) in [6.07, 6.45) is 5.35. The Bertz CT molecular complexity index is 374. The fourth-order valence-electron chi connectivity index (χ4n) is 2.43. The fraction of sp³-hybridized carbons (Fsp3) is 0.692. The lowest BCUT2D eigenvalue weighted by molar-refractivity contribution is -0.117. The Hall–Kier alpha value is -0.980. The zero-order chi connectivity index (χ0) is 13.5. The Morgan fingerprint density at radius 1 is 1.53 bits per heavy atom. The van der Waals surface area contributed by atoms with Crippen LogP contribution >= 0.6 is 11.3 Å². The molecule has 2 heterocycles. The second-order valence-corrected chi connectivity index (χ2v) is 5.89. The van der Waals surface area contributed by atoms with Crippen molar-refractivity contribution in [2.24, 2.45) is 5.92 Å². The molecule has 0 radical (unpaired) electrons. The van der Waals surface area contributed by atoms with E-state index >= 15 is 0 Å². The van der Waals surface area contributed by atoms with Gasteiger partial charge >= 0.3 is 0 Å². The molecule has 1 aliphatic heterocycles. The SMILES string of the molecule is CNCCC1CCN(CC(=O)Nc2nccs2)CC1. The molecule has 2 N–H and O–H groups in total. The maximum absolute atomic E-state index is 11.8. The number of hydrogen-bond acceptors (Lipinski definition) is 5. The first kappa shape index (κ1) is 14.4. The number of hydrogen-bond donors (Lipinski definition) is 2. The third-order valence-corrected chi connectivity index (χ3v) is 4.24. The molecule has 1 fully saturated rings. The molecule has 106 valence electrons. The number of likely N-dealkylation sites (tertiary alicyclic amines) is 1. The van der Waals surface area contributed by atoms with Crippen LogP contribution in [0.25, 0.3) is 0 Å². The molecular weight excluding hydrogens is 260 g/mol. The average molecular weight is 282 g/mol. The molecule has 0 aromatic carbocycles. The van der Waals surface area contributed by atoms with Crippen LogP contribution in [0.1, 0.15) is 19.3 Å². The summed E-state index contributed by atoms with van der Waals surface area (Å²) in [6, 6.07) is 0. The summed E-state index contributed by atoms with van der Waals surface area (Å²) in [6.45, 7) is 3.63. The van der Waals surface area contributed by atoms with Gasteiger partial charge in [-0.3, -0.25) is 9.69 Å². The third-order valence-electron chi connectivity index (χ3n) is 3.56. The number of carbonyl (C=O) groups excluding carboxylic acids is 1. The normalized spacial score (nSPS) is 17.5. The van der Waals surface area contributed by atoms with Crippen LogP contribution in [0.4, 0.5) is 5.13 Å². The lowest BCUT2D eigenvalue weighted by Crippen LogP contribution is -2.39. The van der Waals surface area contributed by atoms with Gasteiger partial charge in [-0.25, -0.2) is 4.98 Å². The lowest BCUT2D eigenvalue weighted by atomic mass is 9.93. The van der Waals surface area contributed by atoms with Crippen molar-refractivity contribution in [3.63, 3.8) is 0 Å². The van der Waals surface area contributed by atoms with Gasteiger partial charge in [-0.05, 0) is 51.9 Å². The lowest BCUT2D eigenvalue weighted by Gasteiger charge is -2.31. The minimum absolute atomic E-state index is 0.0450. The molecule has 5 nitrogen and oxygen atoms in total. The summed E-state index contributed by atoms with van der Waals surface area (Å²) in [4.78, 5) is 18.1. The molecule has 0 atom stereocenters. The summed E-state index contributed by atoms with van der Waals surface area (Å²) >= 11 is 1.45. The number of carbonyl (C=O) groups is 1. The summed E-state index contributed by atoms with van der Waals surface area (Å²) < 4.78 is 0. The molecule has 0 saturated carbocycles. The third kappa shape index (κ3) is 4.89. The minimum Gasteiger partial charge on any atom is -0.320 e. The second kappa shape index (κ2) is 7.57.